The second-order valence-corrected chi connectivity index (χ2v) is 10.1. The van der Waals surface area contributed by atoms with Gasteiger partial charge in [0, 0.05) is 42.7 Å². The van der Waals surface area contributed by atoms with Gasteiger partial charge in [-0.3, -0.25) is 9.59 Å². The molecule has 2 N–H and O–H groups in total. The fourth-order valence-corrected chi connectivity index (χ4v) is 5.73. The van der Waals surface area contributed by atoms with E-state index in [1.54, 1.807) is 20.0 Å². The van der Waals surface area contributed by atoms with Crippen LogP contribution < -0.4 is 10.6 Å². The number of halogens is 1. The minimum Gasteiger partial charge on any atom is -0.345 e. The summed E-state index contributed by atoms with van der Waals surface area (Å²) in [6.45, 7) is 3.04. The van der Waals surface area contributed by atoms with E-state index in [0.717, 1.165) is 61.3 Å². The SMILES string of the molecule is CN[C@@H](C)C(=O)N[C@H](C(=O)N1CCC[C@H]1Cn1cc(CC=O)c2cc(F)ccc21)C1CCCCC1. The lowest BCUT2D eigenvalue weighted by Crippen LogP contribution is -2.56. The molecule has 8 heteroatoms. The number of fused-ring (bicyclic) bond motifs is 1. The summed E-state index contributed by atoms with van der Waals surface area (Å²) in [6.07, 6.45) is 9.99. The zero-order chi connectivity index (χ0) is 24.9. The highest BCUT2D eigenvalue weighted by Crippen LogP contribution is 2.31. The monoisotopic (exact) mass is 484 g/mol. The third-order valence-corrected chi connectivity index (χ3v) is 7.81. The first kappa shape index (κ1) is 25.4. The zero-order valence-electron chi connectivity index (χ0n) is 20.8. The topological polar surface area (TPSA) is 83.4 Å². The van der Waals surface area contributed by atoms with Crippen molar-refractivity contribution in [1.29, 1.82) is 0 Å². The van der Waals surface area contributed by atoms with Crippen molar-refractivity contribution in [3.8, 4) is 0 Å². The van der Waals surface area contributed by atoms with Gasteiger partial charge in [0.15, 0.2) is 0 Å². The Morgan fingerprint density at radius 3 is 2.66 bits per heavy atom. The number of benzene rings is 1. The van der Waals surface area contributed by atoms with Crippen molar-refractivity contribution in [3.63, 3.8) is 0 Å². The highest BCUT2D eigenvalue weighted by atomic mass is 19.1. The van der Waals surface area contributed by atoms with Gasteiger partial charge in [0.1, 0.15) is 18.1 Å². The number of nitrogens with zero attached hydrogens (tertiary/aromatic N) is 2. The van der Waals surface area contributed by atoms with Crippen LogP contribution in [0, 0.1) is 11.7 Å². The Labute approximate surface area is 206 Å². The minimum absolute atomic E-state index is 0.00618. The van der Waals surface area contributed by atoms with E-state index in [1.807, 2.05) is 15.7 Å². The Morgan fingerprint density at radius 1 is 1.17 bits per heavy atom. The number of rotatable bonds is 9. The van der Waals surface area contributed by atoms with Crippen LogP contribution in [0.1, 0.15) is 57.4 Å². The quantitative estimate of drug-likeness (QED) is 0.536. The van der Waals surface area contributed by atoms with Crippen LogP contribution in [0.15, 0.2) is 24.4 Å². The average molecular weight is 485 g/mol. The maximum atomic E-state index is 13.9. The molecule has 2 heterocycles. The Kier molecular flexibility index (Phi) is 8.21. The van der Waals surface area contributed by atoms with Crippen molar-refractivity contribution in [3.05, 3.63) is 35.8 Å². The minimum atomic E-state index is -0.514. The molecule has 0 spiro atoms. The standard InChI is InChI=1S/C27H37FN4O3/c1-18(29-2)26(34)30-25(19-7-4-3-5-8-19)27(35)32-13-6-9-22(32)17-31-16-20(12-14-33)23-15-21(28)10-11-24(23)31/h10-11,14-16,18-19,22,25,29H,3-9,12-13,17H2,1-2H3,(H,30,34)/t18-,22-,25-/m0/s1. The summed E-state index contributed by atoms with van der Waals surface area (Å²) in [5.41, 5.74) is 1.65. The molecule has 0 radical (unpaired) electrons. The predicted octanol–water partition coefficient (Wildman–Crippen LogP) is 3.19. The maximum absolute atomic E-state index is 13.9. The second-order valence-electron chi connectivity index (χ2n) is 10.1. The third kappa shape index (κ3) is 5.58. The Bertz CT molecular complexity index is 1060. The first-order valence-corrected chi connectivity index (χ1v) is 12.9. The first-order chi connectivity index (χ1) is 16.9. The van der Waals surface area contributed by atoms with Gasteiger partial charge < -0.3 is 24.9 Å². The maximum Gasteiger partial charge on any atom is 0.245 e. The number of aldehydes is 1. The summed E-state index contributed by atoms with van der Waals surface area (Å²) in [5, 5.41) is 6.78. The molecule has 190 valence electrons. The van der Waals surface area contributed by atoms with Gasteiger partial charge in [-0.1, -0.05) is 19.3 Å². The molecule has 0 unspecified atom stereocenters. The highest BCUT2D eigenvalue weighted by molar-refractivity contribution is 5.90. The number of likely N-dealkylation sites (N-methyl/N-ethyl adjacent to an activating group) is 1. The van der Waals surface area contributed by atoms with Crippen LogP contribution in [0.4, 0.5) is 4.39 Å². The molecule has 2 aliphatic rings. The number of hydrogen-bond acceptors (Lipinski definition) is 4. The summed E-state index contributed by atoms with van der Waals surface area (Å²) in [7, 11) is 1.74. The van der Waals surface area contributed by atoms with Crippen molar-refractivity contribution in [2.24, 2.45) is 5.92 Å². The Hall–Kier alpha value is -2.74. The molecule has 1 aromatic heterocycles. The second kappa shape index (κ2) is 11.3. The van der Waals surface area contributed by atoms with Crippen LogP contribution in [-0.4, -0.2) is 59.3 Å². The molecule has 3 atom stereocenters. The molecule has 1 saturated carbocycles. The molecule has 2 fully saturated rings. The molecule has 1 aliphatic heterocycles. The predicted molar refractivity (Wildman–Crippen MR) is 133 cm³/mol. The van der Waals surface area contributed by atoms with Crippen molar-refractivity contribution in [1.82, 2.24) is 20.1 Å². The van der Waals surface area contributed by atoms with Gasteiger partial charge in [0.05, 0.1) is 6.04 Å². The molecular formula is C27H37FN4O3. The number of likely N-dealkylation sites (tertiary alicyclic amines) is 1. The number of carbonyl (C=O) groups is 3. The molecule has 1 aromatic carbocycles. The van der Waals surface area contributed by atoms with Crippen LogP contribution in [0.5, 0.6) is 0 Å². The van der Waals surface area contributed by atoms with E-state index >= 15 is 0 Å². The lowest BCUT2D eigenvalue weighted by molar-refractivity contribution is -0.139. The Balaban J connectivity index is 1.57. The van der Waals surface area contributed by atoms with E-state index in [1.165, 1.54) is 18.6 Å². The van der Waals surface area contributed by atoms with Gasteiger partial charge in [-0.15, -0.1) is 0 Å². The normalized spacial score (nSPS) is 20.7. The van der Waals surface area contributed by atoms with E-state index in [4.69, 9.17) is 0 Å². The smallest absolute Gasteiger partial charge is 0.245 e. The van der Waals surface area contributed by atoms with Gasteiger partial charge in [0.25, 0.3) is 0 Å². The summed E-state index contributed by atoms with van der Waals surface area (Å²) in [5.74, 6) is -0.321. The number of nitrogens with one attached hydrogen (secondary N) is 2. The van der Waals surface area contributed by atoms with Gasteiger partial charge >= 0.3 is 0 Å². The van der Waals surface area contributed by atoms with Crippen molar-refractivity contribution in [2.75, 3.05) is 13.6 Å². The van der Waals surface area contributed by atoms with E-state index in [-0.39, 0.29) is 42.1 Å². The number of hydrogen-bond donors (Lipinski definition) is 2. The Morgan fingerprint density at radius 2 is 1.94 bits per heavy atom. The summed E-state index contributed by atoms with van der Waals surface area (Å²) >= 11 is 0. The lowest BCUT2D eigenvalue weighted by atomic mass is 9.83. The van der Waals surface area contributed by atoms with Crippen LogP contribution in [0.3, 0.4) is 0 Å². The van der Waals surface area contributed by atoms with Crippen molar-refractivity contribution >= 4 is 29.0 Å². The molecule has 1 aliphatic carbocycles. The summed E-state index contributed by atoms with van der Waals surface area (Å²) in [6, 6.07) is 3.74. The van der Waals surface area contributed by atoms with Crippen LogP contribution in [0.25, 0.3) is 10.9 Å². The van der Waals surface area contributed by atoms with Crippen LogP contribution in [-0.2, 0) is 27.3 Å². The molecular weight excluding hydrogens is 447 g/mol. The lowest BCUT2D eigenvalue weighted by Gasteiger charge is -2.35. The number of amides is 2. The van der Waals surface area contributed by atoms with Gasteiger partial charge in [-0.2, -0.15) is 0 Å². The summed E-state index contributed by atoms with van der Waals surface area (Å²) in [4.78, 5) is 39.8. The molecule has 0 bridgehead atoms. The molecule has 2 aromatic rings. The summed E-state index contributed by atoms with van der Waals surface area (Å²) < 4.78 is 15.9. The fourth-order valence-electron chi connectivity index (χ4n) is 5.73. The van der Waals surface area contributed by atoms with Gasteiger partial charge in [0.2, 0.25) is 11.8 Å². The van der Waals surface area contributed by atoms with Crippen LogP contribution >= 0.6 is 0 Å². The zero-order valence-corrected chi connectivity index (χ0v) is 20.8. The highest BCUT2D eigenvalue weighted by Gasteiger charge is 2.38. The fraction of sp³-hybridized carbons (Fsp3) is 0.593. The van der Waals surface area contributed by atoms with Crippen LogP contribution in [0.2, 0.25) is 0 Å². The van der Waals surface area contributed by atoms with Crippen molar-refractivity contribution in [2.45, 2.75) is 83.0 Å². The molecule has 7 nitrogen and oxygen atoms in total. The van der Waals surface area contributed by atoms with Crippen molar-refractivity contribution < 1.29 is 18.8 Å². The largest absolute Gasteiger partial charge is 0.345 e. The van der Waals surface area contributed by atoms with E-state index in [0.29, 0.717) is 13.1 Å². The molecule has 4 rings (SSSR count). The molecule has 2 amide bonds. The number of aromatic nitrogens is 1. The number of carbonyl (C=O) groups excluding carboxylic acids is 3. The molecule has 35 heavy (non-hydrogen) atoms. The van der Waals surface area contributed by atoms with Gasteiger partial charge in [-0.05, 0) is 69.3 Å². The molecule has 1 saturated heterocycles. The third-order valence-electron chi connectivity index (χ3n) is 7.81. The van der Waals surface area contributed by atoms with E-state index < -0.39 is 6.04 Å². The first-order valence-electron chi connectivity index (χ1n) is 12.9. The van der Waals surface area contributed by atoms with Gasteiger partial charge in [-0.25, -0.2) is 4.39 Å². The average Bonchev–Trinajstić information content (AvgIpc) is 3.47. The van der Waals surface area contributed by atoms with E-state index in [9.17, 15) is 18.8 Å². The van der Waals surface area contributed by atoms with E-state index in [2.05, 4.69) is 10.6 Å².